The summed E-state index contributed by atoms with van der Waals surface area (Å²) in [6, 6.07) is 3.19. The molecule has 1 atom stereocenters. The molecular formula is C13H19ClN4O3. The number of anilines is 1. The second-order valence-electron chi connectivity index (χ2n) is 5.11. The summed E-state index contributed by atoms with van der Waals surface area (Å²) in [6.07, 6.45) is 0. The minimum absolute atomic E-state index is 0. The maximum atomic E-state index is 12.5. The SMILES string of the molecule is Cc1cc(C(=O)N2CCNC(C)C2)c(N)c([N+](=O)[O-])c1.Cl. The number of aryl methyl sites for hydroxylation is 1. The minimum atomic E-state index is -0.556. The second-order valence-corrected chi connectivity index (χ2v) is 5.11. The number of benzene rings is 1. The first-order valence-electron chi connectivity index (χ1n) is 6.47. The van der Waals surface area contributed by atoms with Crippen LogP contribution in [0.1, 0.15) is 22.8 Å². The van der Waals surface area contributed by atoms with Crippen LogP contribution in [0.2, 0.25) is 0 Å². The van der Waals surface area contributed by atoms with Crippen molar-refractivity contribution >= 4 is 29.7 Å². The molecule has 0 spiro atoms. The molecule has 1 saturated heterocycles. The topological polar surface area (TPSA) is 102 Å². The molecule has 8 heteroatoms. The molecule has 1 heterocycles. The van der Waals surface area contributed by atoms with E-state index in [4.69, 9.17) is 5.73 Å². The van der Waals surface area contributed by atoms with Crippen LogP contribution >= 0.6 is 12.4 Å². The molecule has 3 N–H and O–H groups in total. The summed E-state index contributed by atoms with van der Waals surface area (Å²) >= 11 is 0. The van der Waals surface area contributed by atoms with Crippen LogP contribution in [0.4, 0.5) is 11.4 Å². The van der Waals surface area contributed by atoms with Gasteiger partial charge in [-0.25, -0.2) is 0 Å². The van der Waals surface area contributed by atoms with E-state index < -0.39 is 4.92 Å². The molecule has 1 unspecified atom stereocenters. The zero-order chi connectivity index (χ0) is 14.9. The van der Waals surface area contributed by atoms with Crippen molar-refractivity contribution < 1.29 is 9.72 Å². The first-order valence-corrected chi connectivity index (χ1v) is 6.47. The average molecular weight is 315 g/mol. The van der Waals surface area contributed by atoms with Crippen LogP contribution in [0, 0.1) is 17.0 Å². The Kier molecular flexibility index (Phi) is 5.51. The molecule has 1 aliphatic rings. The number of nitrogens with zero attached hydrogens (tertiary/aromatic N) is 2. The predicted octanol–water partition coefficient (Wildman–Crippen LogP) is 1.34. The van der Waals surface area contributed by atoms with Gasteiger partial charge in [-0.15, -0.1) is 12.4 Å². The van der Waals surface area contributed by atoms with E-state index in [0.29, 0.717) is 25.2 Å². The number of halogens is 1. The van der Waals surface area contributed by atoms with Crippen molar-refractivity contribution in [1.82, 2.24) is 10.2 Å². The number of carbonyl (C=O) groups is 1. The molecule has 1 aromatic rings. The van der Waals surface area contributed by atoms with Crippen molar-refractivity contribution in [2.45, 2.75) is 19.9 Å². The lowest BCUT2D eigenvalue weighted by molar-refractivity contribution is -0.384. The third-order valence-electron chi connectivity index (χ3n) is 3.39. The van der Waals surface area contributed by atoms with E-state index in [1.165, 1.54) is 6.07 Å². The first kappa shape index (κ1) is 17.2. The van der Waals surface area contributed by atoms with Gasteiger partial charge < -0.3 is 16.0 Å². The molecule has 7 nitrogen and oxygen atoms in total. The van der Waals surface area contributed by atoms with Gasteiger partial charge in [0.25, 0.3) is 11.6 Å². The molecule has 21 heavy (non-hydrogen) atoms. The molecule has 0 saturated carbocycles. The highest BCUT2D eigenvalue weighted by Gasteiger charge is 2.26. The number of piperazine rings is 1. The van der Waals surface area contributed by atoms with Crippen LogP contribution in [0.5, 0.6) is 0 Å². The molecule has 1 aromatic carbocycles. The lowest BCUT2D eigenvalue weighted by Crippen LogP contribution is -2.51. The van der Waals surface area contributed by atoms with Gasteiger partial charge in [0.2, 0.25) is 0 Å². The molecule has 116 valence electrons. The number of carbonyl (C=O) groups excluding carboxylic acids is 1. The maximum Gasteiger partial charge on any atom is 0.293 e. The van der Waals surface area contributed by atoms with Gasteiger partial charge in [-0.1, -0.05) is 0 Å². The summed E-state index contributed by atoms with van der Waals surface area (Å²) in [6.45, 7) is 5.55. The lowest BCUT2D eigenvalue weighted by atomic mass is 10.1. The monoisotopic (exact) mass is 314 g/mol. The molecule has 0 aromatic heterocycles. The van der Waals surface area contributed by atoms with E-state index in [0.717, 1.165) is 0 Å². The highest BCUT2D eigenvalue weighted by atomic mass is 35.5. The third-order valence-corrected chi connectivity index (χ3v) is 3.39. The number of amides is 1. The van der Waals surface area contributed by atoms with Crippen molar-refractivity contribution in [3.05, 3.63) is 33.4 Å². The van der Waals surface area contributed by atoms with Crippen LogP contribution < -0.4 is 11.1 Å². The minimum Gasteiger partial charge on any atom is -0.393 e. The van der Waals surface area contributed by atoms with E-state index >= 15 is 0 Å². The van der Waals surface area contributed by atoms with Crippen LogP contribution in [-0.2, 0) is 0 Å². The van der Waals surface area contributed by atoms with Gasteiger partial charge in [0.15, 0.2) is 0 Å². The predicted molar refractivity (Wildman–Crippen MR) is 82.9 cm³/mol. The summed E-state index contributed by atoms with van der Waals surface area (Å²) in [7, 11) is 0. The Bertz CT molecular complexity index is 565. The fourth-order valence-electron chi connectivity index (χ4n) is 2.39. The number of nitrogen functional groups attached to an aromatic ring is 1. The van der Waals surface area contributed by atoms with Gasteiger partial charge in [0, 0.05) is 31.7 Å². The first-order chi connectivity index (χ1) is 9.40. The van der Waals surface area contributed by atoms with Gasteiger partial charge in [-0.05, 0) is 25.5 Å². The van der Waals surface area contributed by atoms with E-state index in [-0.39, 0.29) is 41.3 Å². The molecule has 1 aliphatic heterocycles. The maximum absolute atomic E-state index is 12.5. The zero-order valence-corrected chi connectivity index (χ0v) is 12.8. The summed E-state index contributed by atoms with van der Waals surface area (Å²) in [5.74, 6) is -0.248. The molecular weight excluding hydrogens is 296 g/mol. The number of rotatable bonds is 2. The largest absolute Gasteiger partial charge is 0.393 e. The van der Waals surface area contributed by atoms with E-state index in [2.05, 4.69) is 5.32 Å². The number of hydrogen-bond donors (Lipinski definition) is 2. The van der Waals surface area contributed by atoms with Crippen LogP contribution in [0.3, 0.4) is 0 Å². The number of nitrogens with one attached hydrogen (secondary N) is 1. The number of nitrogens with two attached hydrogens (primary N) is 1. The smallest absolute Gasteiger partial charge is 0.293 e. The van der Waals surface area contributed by atoms with Crippen molar-refractivity contribution in [1.29, 1.82) is 0 Å². The number of nitro groups is 1. The fourth-order valence-corrected chi connectivity index (χ4v) is 2.39. The van der Waals surface area contributed by atoms with Gasteiger partial charge in [-0.3, -0.25) is 14.9 Å². The van der Waals surface area contributed by atoms with Crippen LogP contribution in [0.15, 0.2) is 12.1 Å². The van der Waals surface area contributed by atoms with E-state index in [1.54, 1.807) is 17.9 Å². The number of hydrogen-bond acceptors (Lipinski definition) is 5. The highest BCUT2D eigenvalue weighted by Crippen LogP contribution is 2.28. The number of nitro benzene ring substituents is 1. The van der Waals surface area contributed by atoms with Crippen LogP contribution in [0.25, 0.3) is 0 Å². The molecule has 0 aliphatic carbocycles. The average Bonchev–Trinajstić information content (AvgIpc) is 2.40. The molecule has 1 fully saturated rings. The molecule has 1 amide bonds. The third kappa shape index (κ3) is 3.62. The Balaban J connectivity index is 0.00000220. The Labute approximate surface area is 129 Å². The molecule has 0 radical (unpaired) electrons. The Morgan fingerprint density at radius 3 is 2.76 bits per heavy atom. The summed E-state index contributed by atoms with van der Waals surface area (Å²) in [4.78, 5) is 24.6. The normalized spacial score (nSPS) is 18.0. The van der Waals surface area contributed by atoms with Crippen molar-refractivity contribution in [3.63, 3.8) is 0 Å². The van der Waals surface area contributed by atoms with E-state index in [1.807, 2.05) is 6.92 Å². The highest BCUT2D eigenvalue weighted by molar-refractivity contribution is 6.01. The molecule has 0 bridgehead atoms. The second kappa shape index (κ2) is 6.73. The van der Waals surface area contributed by atoms with Gasteiger partial charge in [0.1, 0.15) is 5.69 Å². The van der Waals surface area contributed by atoms with Gasteiger partial charge in [-0.2, -0.15) is 0 Å². The Morgan fingerprint density at radius 1 is 1.52 bits per heavy atom. The van der Waals surface area contributed by atoms with E-state index in [9.17, 15) is 14.9 Å². The quantitative estimate of drug-likeness (QED) is 0.487. The lowest BCUT2D eigenvalue weighted by Gasteiger charge is -2.32. The van der Waals surface area contributed by atoms with Crippen LogP contribution in [-0.4, -0.2) is 41.4 Å². The summed E-state index contributed by atoms with van der Waals surface area (Å²) < 4.78 is 0. The van der Waals surface area contributed by atoms with Gasteiger partial charge >= 0.3 is 0 Å². The summed E-state index contributed by atoms with van der Waals surface area (Å²) in [5, 5.41) is 14.2. The Hall–Kier alpha value is -1.86. The standard InChI is InChI=1S/C13H18N4O3.ClH/c1-8-5-10(12(14)11(6-8)17(19)20)13(18)16-4-3-15-9(2)7-16;/h5-6,9,15H,3-4,7,14H2,1-2H3;1H. The Morgan fingerprint density at radius 2 is 2.19 bits per heavy atom. The molecule has 2 rings (SSSR count). The van der Waals surface area contributed by atoms with Crippen molar-refractivity contribution in [3.8, 4) is 0 Å². The van der Waals surface area contributed by atoms with Gasteiger partial charge in [0.05, 0.1) is 10.5 Å². The zero-order valence-electron chi connectivity index (χ0n) is 12.0. The fraction of sp³-hybridized carbons (Fsp3) is 0.462. The summed E-state index contributed by atoms with van der Waals surface area (Å²) in [5.41, 5.74) is 6.38. The van der Waals surface area contributed by atoms with Crippen molar-refractivity contribution in [2.75, 3.05) is 25.4 Å². The van der Waals surface area contributed by atoms with Crippen molar-refractivity contribution in [2.24, 2.45) is 0 Å².